The Balaban J connectivity index is -0.000000192. The summed E-state index contributed by atoms with van der Waals surface area (Å²) in [4.78, 5) is 60.2. The van der Waals surface area contributed by atoms with Crippen LogP contribution in [0.5, 0.6) is 0 Å². The smallest absolute Gasteiger partial charge is 0.550 e. The minimum Gasteiger partial charge on any atom is -0.550 e. The van der Waals surface area contributed by atoms with Crippen molar-refractivity contribution in [3.8, 4) is 0 Å². The van der Waals surface area contributed by atoms with Crippen LogP contribution in [0.25, 0.3) is 0 Å². The normalized spacial score (nSPS) is 10.1. The van der Waals surface area contributed by atoms with Crippen molar-refractivity contribution in [1.82, 2.24) is 0 Å². The summed E-state index contributed by atoms with van der Waals surface area (Å²) in [5.41, 5.74) is -5.84. The Hall–Kier alpha value is -1.47. The molecule has 0 saturated heterocycles. The van der Waals surface area contributed by atoms with Gasteiger partial charge in [0.2, 0.25) is 0 Å². The van der Waals surface area contributed by atoms with Crippen LogP contribution in [0.15, 0.2) is 0 Å². The third-order valence-electron chi connectivity index (χ3n) is 2.53. The average molecular weight is 446 g/mol. The van der Waals surface area contributed by atoms with Crippen LogP contribution in [0.1, 0.15) is 25.7 Å². The monoisotopic (exact) mass is 446 g/mol. The van der Waals surface area contributed by atoms with Crippen molar-refractivity contribution in [2.75, 3.05) is 0 Å². The van der Waals surface area contributed by atoms with Gasteiger partial charge in [-0.1, -0.05) is 0 Å². The molecular weight excluding hydrogens is 435 g/mol. The van der Waals surface area contributed by atoms with Crippen LogP contribution < -0.4 is 25.5 Å². The number of hydrogen-bond acceptors (Lipinski definition) is 13. The molecule has 16 heteroatoms. The van der Waals surface area contributed by atoms with Gasteiger partial charge in [0, 0.05) is 49.6 Å². The Morgan fingerprint density at radius 2 is 0.821 bits per heavy atom. The van der Waals surface area contributed by atoms with Gasteiger partial charge in [0.05, 0.1) is 5.97 Å². The first-order chi connectivity index (χ1) is 11.6. The van der Waals surface area contributed by atoms with E-state index in [2.05, 4.69) is 0 Å². The molecule has 0 aliphatic carbocycles. The van der Waals surface area contributed by atoms with E-state index >= 15 is 0 Å². The second-order valence-corrected chi connectivity index (χ2v) is 4.85. The summed E-state index contributed by atoms with van der Waals surface area (Å²) in [5, 5.41) is 76.1. The molecule has 0 aliphatic rings. The second kappa shape index (κ2) is 14.5. The number of hydrogen-bond donors (Lipinski definition) is 3. The van der Waals surface area contributed by atoms with Gasteiger partial charge in [-0.05, 0) is 0 Å². The standard InChI is InChI=1S/2C6H8O7.Al.Ca/c2*7-3(8)1-6(13,5(11)12)2-4(9)10;;/h2*13H,1-2H2,(H,7,8)(H,9,10)(H,11,12);;/q;;+3;+2/p-5. The van der Waals surface area contributed by atoms with Gasteiger partial charge in [-0.2, -0.15) is 0 Å². The minimum atomic E-state index is -2.97. The first kappa shape index (κ1) is 34.1. The molecule has 3 N–H and O–H groups in total. The molecule has 0 heterocycles. The fourth-order valence-electron chi connectivity index (χ4n) is 1.38. The molecule has 0 aliphatic heterocycles. The maximum Gasteiger partial charge on any atom is 3.00 e. The van der Waals surface area contributed by atoms with E-state index in [-0.39, 0.29) is 55.1 Å². The third kappa shape index (κ3) is 14.6. The molecule has 0 aromatic carbocycles. The maximum absolute atomic E-state index is 10.3. The van der Waals surface area contributed by atoms with Crippen molar-refractivity contribution in [2.45, 2.75) is 36.9 Å². The Bertz CT molecular complexity index is 519. The van der Waals surface area contributed by atoms with Gasteiger partial charge >= 0.3 is 61.1 Å². The van der Waals surface area contributed by atoms with Crippen molar-refractivity contribution >= 4 is 90.9 Å². The van der Waals surface area contributed by atoms with Crippen LogP contribution in [0, 0.1) is 0 Å². The SMILES string of the molecule is O=C([O-])CC(O)(CC(=O)[O-])C(=O)O.O=C([O-])CC(O)(CC(=O)[O-])C(=O)[O-].[Al+3].[Ca+2]. The number of rotatable bonds is 10. The van der Waals surface area contributed by atoms with E-state index in [1.165, 1.54) is 0 Å². The number of aliphatic carboxylic acids is 6. The van der Waals surface area contributed by atoms with Crippen molar-refractivity contribution in [3.05, 3.63) is 0 Å². The van der Waals surface area contributed by atoms with Crippen LogP contribution in [0.3, 0.4) is 0 Å². The number of carboxylic acids is 6. The van der Waals surface area contributed by atoms with E-state index in [0.29, 0.717) is 0 Å². The van der Waals surface area contributed by atoms with E-state index in [9.17, 15) is 54.3 Å². The van der Waals surface area contributed by atoms with Crippen LogP contribution in [0.4, 0.5) is 0 Å². The van der Waals surface area contributed by atoms with E-state index in [1.807, 2.05) is 0 Å². The Morgan fingerprint density at radius 3 is 0.964 bits per heavy atom. The van der Waals surface area contributed by atoms with E-state index in [4.69, 9.17) is 15.3 Å². The predicted octanol–water partition coefficient (Wildman–Crippen LogP) is -9.93. The van der Waals surface area contributed by atoms with Crippen molar-refractivity contribution in [3.63, 3.8) is 0 Å². The van der Waals surface area contributed by atoms with Crippen LogP contribution in [-0.4, -0.2) is 117 Å². The first-order valence-corrected chi connectivity index (χ1v) is 6.24. The molecule has 0 radical (unpaired) electrons. The summed E-state index contributed by atoms with van der Waals surface area (Å²) < 4.78 is 0. The molecular formula is C12H11AlCaO14. The Morgan fingerprint density at radius 1 is 0.607 bits per heavy atom. The number of aliphatic hydroxyl groups is 2. The molecule has 14 nitrogen and oxygen atoms in total. The zero-order valence-electron chi connectivity index (χ0n) is 13.9. The van der Waals surface area contributed by atoms with Gasteiger partial charge in [-0.25, -0.2) is 4.79 Å². The van der Waals surface area contributed by atoms with Crippen LogP contribution >= 0.6 is 0 Å². The summed E-state index contributed by atoms with van der Waals surface area (Å²) in [7, 11) is 0. The predicted molar refractivity (Wildman–Crippen MR) is 72.5 cm³/mol. The molecule has 0 atom stereocenters. The third-order valence-corrected chi connectivity index (χ3v) is 2.53. The Labute approximate surface area is 196 Å². The topological polar surface area (TPSA) is 278 Å². The van der Waals surface area contributed by atoms with E-state index in [0.717, 1.165) is 0 Å². The van der Waals surface area contributed by atoms with Gasteiger partial charge in [0.1, 0.15) is 5.60 Å². The molecule has 0 unspecified atom stereocenters. The van der Waals surface area contributed by atoms with Gasteiger partial charge in [0.25, 0.3) is 0 Å². The Kier molecular flexibility index (Phi) is 17.7. The second-order valence-electron chi connectivity index (χ2n) is 4.85. The summed E-state index contributed by atoms with van der Waals surface area (Å²) in [5.74, 6) is -11.6. The quantitative estimate of drug-likeness (QED) is 0.263. The zero-order valence-corrected chi connectivity index (χ0v) is 17.3. The molecule has 0 saturated carbocycles. The van der Waals surface area contributed by atoms with E-state index < -0.39 is 72.7 Å². The van der Waals surface area contributed by atoms with Crippen LogP contribution in [-0.2, 0) is 28.8 Å². The first-order valence-electron chi connectivity index (χ1n) is 6.24. The fraction of sp³-hybridized carbons (Fsp3) is 0.500. The minimum absolute atomic E-state index is 0. The molecule has 0 fully saturated rings. The fourth-order valence-corrected chi connectivity index (χ4v) is 1.38. The maximum atomic E-state index is 10.3. The van der Waals surface area contributed by atoms with Gasteiger partial charge in [0.15, 0.2) is 5.60 Å². The number of carbonyl (C=O) groups is 6. The summed E-state index contributed by atoms with van der Waals surface area (Å²) in [6.07, 6.45) is -5.31. The molecule has 148 valence electrons. The largest absolute Gasteiger partial charge is 3.00 e. The molecule has 0 spiro atoms. The average Bonchev–Trinajstić information content (AvgIpc) is 2.34. The number of carboxylic acid groups (broad SMARTS) is 6. The van der Waals surface area contributed by atoms with Crippen molar-refractivity contribution in [2.24, 2.45) is 0 Å². The number of carbonyl (C=O) groups excluding carboxylic acids is 5. The molecule has 28 heavy (non-hydrogen) atoms. The molecule has 0 aromatic heterocycles. The molecule has 0 amide bonds. The van der Waals surface area contributed by atoms with Gasteiger partial charge in [-0.3, -0.25) is 0 Å². The zero-order chi connectivity index (χ0) is 21.3. The van der Waals surface area contributed by atoms with Gasteiger partial charge < -0.3 is 64.8 Å². The van der Waals surface area contributed by atoms with E-state index in [1.54, 1.807) is 0 Å². The summed E-state index contributed by atoms with van der Waals surface area (Å²) >= 11 is 0. The van der Waals surface area contributed by atoms with Gasteiger partial charge in [-0.15, -0.1) is 0 Å². The van der Waals surface area contributed by atoms with Crippen LogP contribution in [0.2, 0.25) is 0 Å². The summed E-state index contributed by atoms with van der Waals surface area (Å²) in [6.45, 7) is 0. The molecule has 0 bridgehead atoms. The molecule has 0 rings (SSSR count). The summed E-state index contributed by atoms with van der Waals surface area (Å²) in [6, 6.07) is 0. The van der Waals surface area contributed by atoms with Crippen molar-refractivity contribution in [1.29, 1.82) is 0 Å². The molecule has 0 aromatic rings. The van der Waals surface area contributed by atoms with Crippen molar-refractivity contribution < 1.29 is 69.6 Å².